The number of ether oxygens (including phenoxy) is 1. The number of unbranched alkanes of at least 4 members (excludes halogenated alkanes) is 1. The van der Waals surface area contributed by atoms with Gasteiger partial charge in [0.05, 0.1) is 6.61 Å². The Labute approximate surface area is 104 Å². The third kappa shape index (κ3) is 3.30. The summed E-state index contributed by atoms with van der Waals surface area (Å²) in [6.07, 6.45) is -3.05. The number of alkyl halides is 7. The summed E-state index contributed by atoms with van der Waals surface area (Å²) in [4.78, 5) is 10.7. The van der Waals surface area contributed by atoms with E-state index in [4.69, 9.17) is 0 Å². The summed E-state index contributed by atoms with van der Waals surface area (Å²) >= 11 is 0. The second kappa shape index (κ2) is 5.96. The first kappa shape index (κ1) is 18.0. The van der Waals surface area contributed by atoms with Crippen LogP contribution in [0.15, 0.2) is 0 Å². The van der Waals surface area contributed by atoms with Gasteiger partial charge in [-0.25, -0.2) is 9.18 Å². The molecule has 0 aromatic carbocycles. The molecule has 0 saturated heterocycles. The molecule has 0 N–H and O–H groups in total. The Morgan fingerprint density at radius 2 is 1.63 bits per heavy atom. The van der Waals surface area contributed by atoms with E-state index in [1.165, 1.54) is 0 Å². The molecule has 0 bridgehead atoms. The van der Waals surface area contributed by atoms with Crippen LogP contribution in [0.1, 0.15) is 26.7 Å². The highest BCUT2D eigenvalue weighted by Crippen LogP contribution is 2.48. The van der Waals surface area contributed by atoms with Gasteiger partial charge < -0.3 is 4.74 Å². The van der Waals surface area contributed by atoms with Gasteiger partial charge in [0.2, 0.25) is 0 Å². The number of hydrogen-bond donors (Lipinski definition) is 0. The van der Waals surface area contributed by atoms with E-state index in [-0.39, 0.29) is 13.3 Å². The molecule has 0 saturated carbocycles. The molecule has 9 heteroatoms. The van der Waals surface area contributed by atoms with E-state index in [0.717, 1.165) is 0 Å². The molecule has 19 heavy (non-hydrogen) atoms. The summed E-state index contributed by atoms with van der Waals surface area (Å²) < 4.78 is 93.6. The first-order valence-corrected chi connectivity index (χ1v) is 5.37. The Morgan fingerprint density at radius 1 is 1.16 bits per heavy atom. The summed E-state index contributed by atoms with van der Waals surface area (Å²) in [5.41, 5.74) is 0. The Bertz CT molecular complexity index is 315. The smallest absolute Gasteiger partial charge is 0.410 e. The lowest BCUT2D eigenvalue weighted by Crippen LogP contribution is -2.61. The van der Waals surface area contributed by atoms with Crippen molar-refractivity contribution in [3.63, 3.8) is 0 Å². The van der Waals surface area contributed by atoms with Gasteiger partial charge in [-0.15, -0.1) is 0 Å². The average molecular weight is 298 g/mol. The van der Waals surface area contributed by atoms with E-state index in [1.807, 2.05) is 0 Å². The lowest BCUT2D eigenvalue weighted by Gasteiger charge is -2.31. The Morgan fingerprint density at radius 3 is 2.00 bits per heavy atom. The summed E-state index contributed by atoms with van der Waals surface area (Å²) in [5, 5.41) is 0. The zero-order valence-corrected chi connectivity index (χ0v) is 10.2. The molecular weight excluding hydrogens is 285 g/mol. The number of halogens is 7. The van der Waals surface area contributed by atoms with E-state index < -0.39 is 36.5 Å². The Kier molecular flexibility index (Phi) is 5.64. The van der Waals surface area contributed by atoms with Gasteiger partial charge in [0.25, 0.3) is 0 Å². The van der Waals surface area contributed by atoms with E-state index in [9.17, 15) is 35.5 Å². The predicted molar refractivity (Wildman–Crippen MR) is 51.3 cm³/mol. The number of hydrogen-bond acceptors (Lipinski definition) is 2. The summed E-state index contributed by atoms with van der Waals surface area (Å²) in [6.45, 7) is 0.976. The summed E-state index contributed by atoms with van der Waals surface area (Å²) in [7, 11) is 0. The van der Waals surface area contributed by atoms with Crippen LogP contribution in [0.5, 0.6) is 0 Å². The van der Waals surface area contributed by atoms with Crippen molar-refractivity contribution in [2.75, 3.05) is 6.61 Å². The van der Waals surface area contributed by atoms with Gasteiger partial charge in [0.15, 0.2) is 6.17 Å². The largest absolute Gasteiger partial charge is 0.461 e. The zero-order valence-electron chi connectivity index (χ0n) is 10.2. The van der Waals surface area contributed by atoms with Crippen LogP contribution in [0.2, 0.25) is 0 Å². The average Bonchev–Trinajstić information content (AvgIpc) is 2.28. The standard InChI is InChI=1S/C10H13F7O2/c1-3-4-5-19-7(18)9(14,15)10(16,17)8(12,13)6(2)11/h6H,3-5H2,1-2H3. The van der Waals surface area contributed by atoms with Gasteiger partial charge in [0.1, 0.15) is 0 Å². The van der Waals surface area contributed by atoms with E-state index in [0.29, 0.717) is 6.42 Å². The molecule has 114 valence electrons. The van der Waals surface area contributed by atoms with E-state index in [1.54, 1.807) is 6.92 Å². The van der Waals surface area contributed by atoms with Crippen molar-refractivity contribution < 1.29 is 40.3 Å². The molecule has 0 aliphatic heterocycles. The SMILES string of the molecule is CCCCOC(=O)C(F)(F)C(F)(F)C(F)(F)C(C)F. The minimum absolute atomic E-state index is 0.00753. The lowest BCUT2D eigenvalue weighted by atomic mass is 10.0. The van der Waals surface area contributed by atoms with Crippen molar-refractivity contribution in [1.29, 1.82) is 0 Å². The van der Waals surface area contributed by atoms with Gasteiger partial charge in [-0.05, 0) is 13.3 Å². The number of carbonyl (C=O) groups is 1. The number of carbonyl (C=O) groups excluding carboxylic acids is 1. The van der Waals surface area contributed by atoms with Crippen LogP contribution in [0.3, 0.4) is 0 Å². The van der Waals surface area contributed by atoms with E-state index >= 15 is 0 Å². The van der Waals surface area contributed by atoms with Crippen molar-refractivity contribution >= 4 is 5.97 Å². The van der Waals surface area contributed by atoms with Crippen LogP contribution < -0.4 is 0 Å². The van der Waals surface area contributed by atoms with Crippen molar-refractivity contribution in [2.24, 2.45) is 0 Å². The third-order valence-electron chi connectivity index (χ3n) is 2.30. The molecule has 0 rings (SSSR count). The second-order valence-electron chi connectivity index (χ2n) is 3.88. The fourth-order valence-corrected chi connectivity index (χ4v) is 0.987. The molecule has 0 amide bonds. The zero-order chi connectivity index (χ0) is 15.5. The van der Waals surface area contributed by atoms with Gasteiger partial charge >= 0.3 is 23.7 Å². The highest BCUT2D eigenvalue weighted by molar-refractivity contribution is 5.79. The van der Waals surface area contributed by atoms with Crippen molar-refractivity contribution in [2.45, 2.75) is 50.6 Å². The Hall–Kier alpha value is -1.02. The molecule has 1 atom stereocenters. The van der Waals surface area contributed by atoms with Crippen molar-refractivity contribution in [3.8, 4) is 0 Å². The molecule has 1 unspecified atom stereocenters. The van der Waals surface area contributed by atoms with Crippen LogP contribution >= 0.6 is 0 Å². The van der Waals surface area contributed by atoms with Crippen LogP contribution in [0, 0.1) is 0 Å². The summed E-state index contributed by atoms with van der Waals surface area (Å²) in [6, 6.07) is 0. The summed E-state index contributed by atoms with van der Waals surface area (Å²) in [5.74, 6) is -20.5. The molecule has 0 radical (unpaired) electrons. The molecule has 0 spiro atoms. The van der Waals surface area contributed by atoms with Crippen LogP contribution in [-0.2, 0) is 9.53 Å². The van der Waals surface area contributed by atoms with Crippen LogP contribution in [-0.4, -0.2) is 36.5 Å². The van der Waals surface area contributed by atoms with Gasteiger partial charge in [0, 0.05) is 0 Å². The molecular formula is C10H13F7O2. The first-order valence-electron chi connectivity index (χ1n) is 5.37. The highest BCUT2D eigenvalue weighted by atomic mass is 19.3. The first-order chi connectivity index (χ1) is 8.42. The van der Waals surface area contributed by atoms with Crippen LogP contribution in [0.4, 0.5) is 30.7 Å². The van der Waals surface area contributed by atoms with Crippen molar-refractivity contribution in [1.82, 2.24) is 0 Å². The predicted octanol–water partition coefficient (Wildman–Crippen LogP) is 3.59. The molecule has 0 aromatic rings. The lowest BCUT2D eigenvalue weighted by molar-refractivity contribution is -0.318. The quantitative estimate of drug-likeness (QED) is 0.408. The van der Waals surface area contributed by atoms with E-state index in [2.05, 4.69) is 4.74 Å². The maximum atomic E-state index is 13.0. The molecule has 0 aliphatic rings. The molecule has 0 heterocycles. The minimum Gasteiger partial charge on any atom is -0.461 e. The highest BCUT2D eigenvalue weighted by Gasteiger charge is 2.77. The third-order valence-corrected chi connectivity index (χ3v) is 2.30. The van der Waals surface area contributed by atoms with Gasteiger partial charge in [-0.1, -0.05) is 13.3 Å². The Balaban J connectivity index is 5.11. The molecule has 0 aliphatic carbocycles. The topological polar surface area (TPSA) is 26.3 Å². The molecule has 0 aromatic heterocycles. The monoisotopic (exact) mass is 298 g/mol. The maximum absolute atomic E-state index is 13.0. The fourth-order valence-electron chi connectivity index (χ4n) is 0.987. The molecule has 0 fully saturated rings. The van der Waals surface area contributed by atoms with Crippen LogP contribution in [0.25, 0.3) is 0 Å². The second-order valence-corrected chi connectivity index (χ2v) is 3.88. The van der Waals surface area contributed by atoms with Crippen molar-refractivity contribution in [3.05, 3.63) is 0 Å². The number of rotatable bonds is 7. The maximum Gasteiger partial charge on any atom is 0.410 e. The minimum atomic E-state index is -6.18. The van der Waals surface area contributed by atoms with Gasteiger partial charge in [-0.3, -0.25) is 0 Å². The normalized spacial score (nSPS) is 15.2. The fraction of sp³-hybridized carbons (Fsp3) is 0.900. The van der Waals surface area contributed by atoms with Gasteiger partial charge in [-0.2, -0.15) is 26.3 Å². The molecule has 2 nitrogen and oxygen atoms in total. The number of esters is 1.